The summed E-state index contributed by atoms with van der Waals surface area (Å²) in [6, 6.07) is 5.72. The molecule has 0 saturated carbocycles. The number of hydrogen-bond donors (Lipinski definition) is 1. The second kappa shape index (κ2) is 6.44. The van der Waals surface area contributed by atoms with Gasteiger partial charge in [0.15, 0.2) is 0 Å². The van der Waals surface area contributed by atoms with Gasteiger partial charge < -0.3 is 0 Å². The van der Waals surface area contributed by atoms with Gasteiger partial charge in [0, 0.05) is 9.90 Å². The van der Waals surface area contributed by atoms with Crippen LogP contribution in [0.5, 0.6) is 0 Å². The summed E-state index contributed by atoms with van der Waals surface area (Å²) in [6.07, 6.45) is 0.903. The zero-order valence-corrected chi connectivity index (χ0v) is 14.4. The minimum atomic E-state index is -3.58. The summed E-state index contributed by atoms with van der Waals surface area (Å²) in [7, 11) is -3.58. The average molecular weight is 345 g/mol. The number of aryl methyl sites for hydroxylation is 1. The molecule has 0 spiro atoms. The monoisotopic (exact) mass is 344 g/mol. The van der Waals surface area contributed by atoms with E-state index < -0.39 is 10.0 Å². The van der Waals surface area contributed by atoms with E-state index >= 15 is 0 Å². The van der Waals surface area contributed by atoms with E-state index in [0.717, 1.165) is 17.7 Å². The van der Waals surface area contributed by atoms with Gasteiger partial charge in [-0.2, -0.15) is 4.37 Å². The fourth-order valence-corrected chi connectivity index (χ4v) is 4.30. The van der Waals surface area contributed by atoms with E-state index in [9.17, 15) is 8.42 Å². The Labute approximate surface area is 134 Å². The van der Waals surface area contributed by atoms with Gasteiger partial charge in [-0.05, 0) is 61.6 Å². The Hall–Kier alpha value is -0.950. The molecule has 0 bridgehead atoms. The van der Waals surface area contributed by atoms with Crippen molar-refractivity contribution in [2.75, 3.05) is 0 Å². The molecule has 4 nitrogen and oxygen atoms in total. The Bertz CT molecular complexity index is 724. The third-order valence-corrected chi connectivity index (χ3v) is 6.16. The van der Waals surface area contributed by atoms with Gasteiger partial charge in [-0.3, -0.25) is 0 Å². The van der Waals surface area contributed by atoms with E-state index in [1.807, 2.05) is 6.92 Å². The molecule has 1 unspecified atom stereocenters. The standard InChI is InChI=1S/C14H17ClN2O2S2/c1-4-13-9(2)14(16-20-13)10(3)17-21(18,19)12-7-5-11(15)6-8-12/h5-8,10,17H,4H2,1-3H3. The second-order valence-corrected chi connectivity index (χ2v) is 7.77. The Morgan fingerprint density at radius 1 is 1.33 bits per heavy atom. The Morgan fingerprint density at radius 2 is 1.95 bits per heavy atom. The molecule has 1 N–H and O–H groups in total. The van der Waals surface area contributed by atoms with Crippen LogP contribution in [0.1, 0.15) is 36.0 Å². The van der Waals surface area contributed by atoms with E-state index in [2.05, 4.69) is 16.0 Å². The largest absolute Gasteiger partial charge is 0.241 e. The first-order valence-corrected chi connectivity index (χ1v) is 9.21. The van der Waals surface area contributed by atoms with Crippen molar-refractivity contribution in [3.05, 3.63) is 45.4 Å². The summed E-state index contributed by atoms with van der Waals surface area (Å²) in [5, 5.41) is 0.505. The number of hydrogen-bond acceptors (Lipinski definition) is 4. The fraction of sp³-hybridized carbons (Fsp3) is 0.357. The topological polar surface area (TPSA) is 59.1 Å². The Morgan fingerprint density at radius 3 is 2.48 bits per heavy atom. The zero-order valence-electron chi connectivity index (χ0n) is 12.1. The number of nitrogens with zero attached hydrogens (tertiary/aromatic N) is 1. The summed E-state index contributed by atoms with van der Waals surface area (Å²) in [4.78, 5) is 1.38. The van der Waals surface area contributed by atoms with Gasteiger partial charge in [0.2, 0.25) is 10.0 Å². The van der Waals surface area contributed by atoms with E-state index in [4.69, 9.17) is 11.6 Å². The number of sulfonamides is 1. The lowest BCUT2D eigenvalue weighted by Crippen LogP contribution is -2.27. The lowest BCUT2D eigenvalue weighted by atomic mass is 10.1. The molecule has 21 heavy (non-hydrogen) atoms. The molecule has 1 heterocycles. The van der Waals surface area contributed by atoms with E-state index in [0.29, 0.717) is 5.02 Å². The molecule has 0 radical (unpaired) electrons. The number of benzene rings is 1. The molecule has 1 aromatic heterocycles. The smallest absolute Gasteiger partial charge is 0.207 e. The van der Waals surface area contributed by atoms with Crippen molar-refractivity contribution in [2.45, 2.75) is 38.1 Å². The van der Waals surface area contributed by atoms with Crippen molar-refractivity contribution >= 4 is 33.2 Å². The van der Waals surface area contributed by atoms with Gasteiger partial charge >= 0.3 is 0 Å². The normalized spacial score (nSPS) is 13.3. The predicted octanol–water partition coefficient (Wildman–Crippen LogP) is 3.71. The first-order valence-electron chi connectivity index (χ1n) is 6.58. The maximum Gasteiger partial charge on any atom is 0.241 e. The molecular weight excluding hydrogens is 328 g/mol. The maximum absolute atomic E-state index is 12.3. The molecular formula is C14H17ClN2O2S2. The molecule has 0 aliphatic rings. The van der Waals surface area contributed by atoms with Crippen LogP contribution in [0.15, 0.2) is 29.2 Å². The summed E-state index contributed by atoms with van der Waals surface area (Å²) in [5.74, 6) is 0. The van der Waals surface area contributed by atoms with E-state index in [-0.39, 0.29) is 10.9 Å². The van der Waals surface area contributed by atoms with Crippen molar-refractivity contribution in [3.8, 4) is 0 Å². The van der Waals surface area contributed by atoms with Crippen LogP contribution >= 0.6 is 23.1 Å². The number of halogens is 1. The third-order valence-electron chi connectivity index (χ3n) is 3.24. The van der Waals surface area contributed by atoms with Crippen LogP contribution in [0.2, 0.25) is 5.02 Å². The van der Waals surface area contributed by atoms with Gasteiger partial charge in [-0.15, -0.1) is 0 Å². The molecule has 0 aliphatic heterocycles. The van der Waals surface area contributed by atoms with Crippen molar-refractivity contribution in [1.29, 1.82) is 0 Å². The van der Waals surface area contributed by atoms with Crippen LogP contribution in [0.4, 0.5) is 0 Å². The minimum absolute atomic E-state index is 0.197. The zero-order chi connectivity index (χ0) is 15.6. The first kappa shape index (κ1) is 16.4. The minimum Gasteiger partial charge on any atom is -0.207 e. The lowest BCUT2D eigenvalue weighted by molar-refractivity contribution is 0.564. The van der Waals surface area contributed by atoms with Crippen LogP contribution < -0.4 is 4.72 Å². The highest BCUT2D eigenvalue weighted by atomic mass is 35.5. The third kappa shape index (κ3) is 3.63. The van der Waals surface area contributed by atoms with Crippen LogP contribution in [0.25, 0.3) is 0 Å². The van der Waals surface area contributed by atoms with Gasteiger partial charge in [-0.1, -0.05) is 18.5 Å². The Kier molecular flexibility index (Phi) is 5.03. The van der Waals surface area contributed by atoms with E-state index in [1.54, 1.807) is 19.1 Å². The summed E-state index contributed by atoms with van der Waals surface area (Å²) in [6.45, 7) is 5.84. The highest BCUT2D eigenvalue weighted by molar-refractivity contribution is 7.89. The van der Waals surface area contributed by atoms with Gasteiger partial charge in [0.1, 0.15) is 0 Å². The number of rotatable bonds is 5. The van der Waals surface area contributed by atoms with Crippen LogP contribution in [-0.2, 0) is 16.4 Å². The molecule has 0 saturated heterocycles. The van der Waals surface area contributed by atoms with Gasteiger partial charge in [0.25, 0.3) is 0 Å². The SMILES string of the molecule is CCc1snc(C(C)NS(=O)(=O)c2ccc(Cl)cc2)c1C. The number of nitrogens with one attached hydrogen (secondary N) is 1. The highest BCUT2D eigenvalue weighted by Gasteiger charge is 2.22. The quantitative estimate of drug-likeness (QED) is 0.899. The molecule has 1 aromatic carbocycles. The highest BCUT2D eigenvalue weighted by Crippen LogP contribution is 2.25. The molecule has 0 amide bonds. The summed E-state index contributed by atoms with van der Waals surface area (Å²) >= 11 is 7.21. The van der Waals surface area contributed by atoms with Crippen molar-refractivity contribution in [3.63, 3.8) is 0 Å². The predicted molar refractivity (Wildman–Crippen MR) is 86.4 cm³/mol. The molecule has 0 aliphatic carbocycles. The molecule has 0 fully saturated rings. The average Bonchev–Trinajstić information content (AvgIpc) is 2.80. The molecule has 114 valence electrons. The van der Waals surface area contributed by atoms with Gasteiger partial charge in [-0.25, -0.2) is 13.1 Å². The van der Waals surface area contributed by atoms with Crippen molar-refractivity contribution in [1.82, 2.24) is 9.10 Å². The second-order valence-electron chi connectivity index (χ2n) is 4.77. The molecule has 1 atom stereocenters. The van der Waals surface area contributed by atoms with Crippen LogP contribution in [-0.4, -0.2) is 12.8 Å². The summed E-state index contributed by atoms with van der Waals surface area (Å²) in [5.41, 5.74) is 1.85. The fourth-order valence-electron chi connectivity index (χ4n) is 2.09. The van der Waals surface area contributed by atoms with E-state index in [1.165, 1.54) is 28.5 Å². The first-order chi connectivity index (χ1) is 9.85. The summed E-state index contributed by atoms with van der Waals surface area (Å²) < 4.78 is 31.7. The molecule has 2 rings (SSSR count). The number of aromatic nitrogens is 1. The van der Waals surface area contributed by atoms with Crippen LogP contribution in [0, 0.1) is 6.92 Å². The maximum atomic E-state index is 12.3. The molecule has 2 aromatic rings. The Balaban J connectivity index is 2.23. The molecule has 7 heteroatoms. The van der Waals surface area contributed by atoms with Crippen LogP contribution in [0.3, 0.4) is 0 Å². The van der Waals surface area contributed by atoms with Crippen molar-refractivity contribution in [2.24, 2.45) is 0 Å². The van der Waals surface area contributed by atoms with Gasteiger partial charge in [0.05, 0.1) is 16.6 Å². The lowest BCUT2D eigenvalue weighted by Gasteiger charge is -2.13. The van der Waals surface area contributed by atoms with Crippen molar-refractivity contribution < 1.29 is 8.42 Å².